The Labute approximate surface area is 232 Å². The zero-order valence-corrected chi connectivity index (χ0v) is 22.7. The Bertz CT molecular complexity index is 1370. The predicted octanol–water partition coefficient (Wildman–Crippen LogP) is 0.0766. The SMILES string of the molecule is C=CCN(CCC(=O)O)C(=O)[C@H](CC(=O)NCC1CN(C(=N)N)CCO1)NS(=O)(=O)c1ccc2ccccc2c1. The summed E-state index contributed by atoms with van der Waals surface area (Å²) in [6, 6.07) is 10.2. The molecule has 3 rings (SSSR count). The molecule has 1 saturated heterocycles. The van der Waals surface area contributed by atoms with Crippen molar-refractivity contribution in [1.29, 1.82) is 5.41 Å². The fourth-order valence-electron chi connectivity index (χ4n) is 4.21. The van der Waals surface area contributed by atoms with Gasteiger partial charge in [-0.15, -0.1) is 6.58 Å². The number of carboxylic acid groups (broad SMARTS) is 1. The molecule has 0 aromatic heterocycles. The van der Waals surface area contributed by atoms with Gasteiger partial charge in [0.2, 0.25) is 21.8 Å². The molecule has 2 amide bonds. The third kappa shape index (κ3) is 8.49. The summed E-state index contributed by atoms with van der Waals surface area (Å²) in [6.07, 6.45) is 0.00497. The van der Waals surface area contributed by atoms with Crippen LogP contribution in [0.5, 0.6) is 0 Å². The number of nitrogens with zero attached hydrogens (tertiary/aromatic N) is 2. The second-order valence-corrected chi connectivity index (χ2v) is 10.9. The Balaban J connectivity index is 1.79. The second kappa shape index (κ2) is 13.9. The van der Waals surface area contributed by atoms with Crippen LogP contribution in [0.15, 0.2) is 60.0 Å². The van der Waals surface area contributed by atoms with E-state index < -0.39 is 46.4 Å². The summed E-state index contributed by atoms with van der Waals surface area (Å²) in [7, 11) is -4.26. The highest BCUT2D eigenvalue weighted by atomic mass is 32.2. The highest BCUT2D eigenvalue weighted by Crippen LogP contribution is 2.20. The van der Waals surface area contributed by atoms with E-state index in [1.165, 1.54) is 18.2 Å². The first-order valence-corrected chi connectivity index (χ1v) is 14.1. The molecule has 1 fully saturated rings. The van der Waals surface area contributed by atoms with Gasteiger partial charge in [-0.2, -0.15) is 4.72 Å². The average Bonchev–Trinajstić information content (AvgIpc) is 2.93. The highest BCUT2D eigenvalue weighted by molar-refractivity contribution is 7.89. The van der Waals surface area contributed by atoms with Crippen molar-refractivity contribution in [2.75, 3.05) is 39.3 Å². The van der Waals surface area contributed by atoms with Gasteiger partial charge in [-0.05, 0) is 22.9 Å². The molecule has 6 N–H and O–H groups in total. The van der Waals surface area contributed by atoms with Crippen LogP contribution in [0.1, 0.15) is 12.8 Å². The van der Waals surface area contributed by atoms with E-state index in [2.05, 4.69) is 16.6 Å². The van der Waals surface area contributed by atoms with E-state index >= 15 is 0 Å². The summed E-state index contributed by atoms with van der Waals surface area (Å²) in [6.45, 7) is 4.43. The fraction of sp³-hybridized carbons (Fsp3) is 0.385. The van der Waals surface area contributed by atoms with E-state index in [0.717, 1.165) is 10.3 Å². The topological polar surface area (TPSA) is 195 Å². The van der Waals surface area contributed by atoms with Gasteiger partial charge in [-0.1, -0.05) is 36.4 Å². The van der Waals surface area contributed by atoms with Crippen LogP contribution in [-0.2, 0) is 29.1 Å². The monoisotopic (exact) mass is 574 g/mol. The zero-order chi connectivity index (χ0) is 29.3. The Morgan fingerprint density at radius 3 is 2.65 bits per heavy atom. The first-order chi connectivity index (χ1) is 19.0. The Kier molecular flexibility index (Phi) is 10.6. The molecular formula is C26H34N6O7S. The summed E-state index contributed by atoms with van der Waals surface area (Å²) >= 11 is 0. The van der Waals surface area contributed by atoms with Gasteiger partial charge in [0.15, 0.2) is 5.96 Å². The number of guanidine groups is 1. The van der Waals surface area contributed by atoms with Crippen molar-refractivity contribution < 1.29 is 32.6 Å². The predicted molar refractivity (Wildman–Crippen MR) is 148 cm³/mol. The van der Waals surface area contributed by atoms with Crippen LogP contribution in [0.2, 0.25) is 0 Å². The molecule has 2 aromatic rings. The minimum atomic E-state index is -4.26. The van der Waals surface area contributed by atoms with Gasteiger partial charge in [0.05, 0.1) is 30.4 Å². The largest absolute Gasteiger partial charge is 0.481 e. The standard InChI is InChI=1S/C26H34N6O7S/c1-2-10-31(11-9-24(34)35)25(36)22(15-23(33)29-16-20-17-32(26(27)28)12-13-39-20)30-40(37,38)21-8-7-18-5-3-4-6-19(18)14-21/h2-8,14,20,22,30H,1,9-13,15-17H2,(H3,27,28)(H,29,33)(H,34,35)/t20?,22-/m0/s1. The third-order valence-corrected chi connectivity index (χ3v) is 7.75. The number of hydrogen-bond acceptors (Lipinski definition) is 7. The molecule has 1 aliphatic rings. The summed E-state index contributed by atoms with van der Waals surface area (Å²) in [4.78, 5) is 40.1. The second-order valence-electron chi connectivity index (χ2n) is 9.23. The van der Waals surface area contributed by atoms with Crippen LogP contribution in [0.25, 0.3) is 10.8 Å². The number of carbonyl (C=O) groups is 3. The number of sulfonamides is 1. The van der Waals surface area contributed by atoms with Crippen molar-refractivity contribution in [1.82, 2.24) is 19.8 Å². The van der Waals surface area contributed by atoms with Gasteiger partial charge in [-0.25, -0.2) is 8.42 Å². The third-order valence-electron chi connectivity index (χ3n) is 6.28. The zero-order valence-electron chi connectivity index (χ0n) is 21.9. The van der Waals surface area contributed by atoms with Crippen molar-refractivity contribution >= 4 is 44.5 Å². The lowest BCUT2D eigenvalue weighted by molar-refractivity contribution is -0.139. The number of carbonyl (C=O) groups excluding carboxylic acids is 2. The van der Waals surface area contributed by atoms with Crippen LogP contribution in [0.3, 0.4) is 0 Å². The molecule has 40 heavy (non-hydrogen) atoms. The van der Waals surface area contributed by atoms with E-state index in [0.29, 0.717) is 18.5 Å². The summed E-state index contributed by atoms with van der Waals surface area (Å²) in [5.74, 6) is -2.64. The molecule has 13 nitrogen and oxygen atoms in total. The van der Waals surface area contributed by atoms with E-state index in [1.807, 2.05) is 12.1 Å². The Morgan fingerprint density at radius 2 is 1.98 bits per heavy atom. The van der Waals surface area contributed by atoms with Crippen molar-refractivity contribution in [2.45, 2.75) is 29.9 Å². The van der Waals surface area contributed by atoms with Gasteiger partial charge < -0.3 is 30.7 Å². The van der Waals surface area contributed by atoms with Crippen LogP contribution in [0.4, 0.5) is 0 Å². The maximum absolute atomic E-state index is 13.4. The Hall–Kier alpha value is -4.01. The molecule has 0 saturated carbocycles. The number of morpholine rings is 1. The number of nitrogens with one attached hydrogen (secondary N) is 3. The minimum absolute atomic E-state index is 0.0429. The molecule has 0 aliphatic carbocycles. The van der Waals surface area contributed by atoms with Gasteiger partial charge in [0.1, 0.15) is 6.04 Å². The van der Waals surface area contributed by atoms with Crippen molar-refractivity contribution in [3.05, 3.63) is 55.1 Å². The lowest BCUT2D eigenvalue weighted by Crippen LogP contribution is -2.53. The molecule has 2 aromatic carbocycles. The smallest absolute Gasteiger partial charge is 0.305 e. The quantitative estimate of drug-likeness (QED) is 0.125. The van der Waals surface area contributed by atoms with Crippen LogP contribution >= 0.6 is 0 Å². The Morgan fingerprint density at radius 1 is 1.25 bits per heavy atom. The van der Waals surface area contributed by atoms with E-state index in [-0.39, 0.29) is 43.5 Å². The summed E-state index contributed by atoms with van der Waals surface area (Å²) in [5, 5.41) is 20.8. The molecule has 2 atom stereocenters. The molecule has 1 unspecified atom stereocenters. The highest BCUT2D eigenvalue weighted by Gasteiger charge is 2.32. The fourth-order valence-corrected chi connectivity index (χ4v) is 5.44. The number of ether oxygens (including phenoxy) is 1. The van der Waals surface area contributed by atoms with Crippen molar-refractivity contribution in [3.63, 3.8) is 0 Å². The van der Waals surface area contributed by atoms with Gasteiger partial charge in [-0.3, -0.25) is 19.8 Å². The van der Waals surface area contributed by atoms with Crippen LogP contribution < -0.4 is 15.8 Å². The van der Waals surface area contributed by atoms with Crippen LogP contribution in [-0.4, -0.2) is 98.5 Å². The number of carboxylic acids is 1. The molecule has 216 valence electrons. The molecule has 0 radical (unpaired) electrons. The summed E-state index contributed by atoms with van der Waals surface area (Å²) < 4.78 is 34.6. The maximum atomic E-state index is 13.4. The van der Waals surface area contributed by atoms with Crippen molar-refractivity contribution in [3.8, 4) is 0 Å². The molecular weight excluding hydrogens is 540 g/mol. The lowest BCUT2D eigenvalue weighted by Gasteiger charge is -2.33. The number of fused-ring (bicyclic) bond motifs is 1. The summed E-state index contributed by atoms with van der Waals surface area (Å²) in [5.41, 5.74) is 5.53. The lowest BCUT2D eigenvalue weighted by atomic mass is 10.1. The number of nitrogens with two attached hydrogens (primary N) is 1. The first-order valence-electron chi connectivity index (χ1n) is 12.6. The average molecular weight is 575 g/mol. The normalized spacial score (nSPS) is 16.2. The number of benzene rings is 2. The van der Waals surface area contributed by atoms with E-state index in [4.69, 9.17) is 21.0 Å². The number of hydrogen-bond donors (Lipinski definition) is 5. The van der Waals surface area contributed by atoms with Gasteiger partial charge in [0.25, 0.3) is 0 Å². The molecule has 14 heteroatoms. The van der Waals surface area contributed by atoms with Crippen molar-refractivity contribution in [2.24, 2.45) is 5.73 Å². The van der Waals surface area contributed by atoms with Gasteiger partial charge in [0, 0.05) is 32.7 Å². The number of aliphatic carboxylic acids is 1. The molecule has 0 spiro atoms. The number of amides is 2. The maximum Gasteiger partial charge on any atom is 0.305 e. The van der Waals surface area contributed by atoms with E-state index in [9.17, 15) is 22.8 Å². The minimum Gasteiger partial charge on any atom is -0.481 e. The van der Waals surface area contributed by atoms with Gasteiger partial charge >= 0.3 is 5.97 Å². The molecule has 0 bridgehead atoms. The van der Waals surface area contributed by atoms with E-state index in [1.54, 1.807) is 23.1 Å². The van der Waals surface area contributed by atoms with Crippen LogP contribution in [0, 0.1) is 5.41 Å². The molecule has 1 heterocycles. The number of rotatable bonds is 13. The molecule has 1 aliphatic heterocycles. The first kappa shape index (κ1) is 30.5.